The van der Waals surface area contributed by atoms with Gasteiger partial charge >= 0.3 is 0 Å². The minimum atomic E-state index is -0.454. The summed E-state index contributed by atoms with van der Waals surface area (Å²) in [6, 6.07) is 15.9. The number of aryl methyl sites for hydroxylation is 2. The van der Waals surface area contributed by atoms with Crippen molar-refractivity contribution in [2.24, 2.45) is 0 Å². The quantitative estimate of drug-likeness (QED) is 0.690. The Balaban J connectivity index is 1.80. The van der Waals surface area contributed by atoms with E-state index in [0.717, 1.165) is 24.0 Å². The first-order valence-corrected chi connectivity index (χ1v) is 11.2. The Morgan fingerprint density at radius 1 is 1.00 bits per heavy atom. The molecule has 1 aliphatic carbocycles. The van der Waals surface area contributed by atoms with E-state index in [1.165, 1.54) is 24.0 Å². The number of hydrogen-bond acceptors (Lipinski definition) is 2. The number of nitrogens with one attached hydrogen (secondary N) is 1. The van der Waals surface area contributed by atoms with Gasteiger partial charge in [-0.25, -0.2) is 0 Å². The van der Waals surface area contributed by atoms with Crippen LogP contribution in [-0.4, -0.2) is 28.8 Å². The minimum Gasteiger partial charge on any atom is -0.352 e. The van der Waals surface area contributed by atoms with Gasteiger partial charge < -0.3 is 10.2 Å². The van der Waals surface area contributed by atoms with Crippen molar-refractivity contribution in [1.29, 1.82) is 0 Å². The van der Waals surface area contributed by atoms with Crippen molar-refractivity contribution in [1.82, 2.24) is 10.2 Å². The fourth-order valence-corrected chi connectivity index (χ4v) is 4.26. The van der Waals surface area contributed by atoms with Gasteiger partial charge in [0.05, 0.1) is 6.42 Å². The van der Waals surface area contributed by atoms with Gasteiger partial charge in [-0.1, -0.05) is 68.3 Å². The SMILES string of the molecule is CC[C@H](C(=O)NC1CCCC1)N(Cc1ccccc1)C(=O)Cc1ccc(C)c(C)c1. The maximum atomic E-state index is 13.4. The number of nitrogens with zero attached hydrogens (tertiary/aromatic N) is 1. The van der Waals surface area contributed by atoms with E-state index in [1.54, 1.807) is 4.90 Å². The lowest BCUT2D eigenvalue weighted by Gasteiger charge is -2.31. The number of rotatable bonds is 8. The van der Waals surface area contributed by atoms with Crippen LogP contribution in [0.1, 0.15) is 61.3 Å². The second kappa shape index (κ2) is 10.4. The van der Waals surface area contributed by atoms with Crippen LogP contribution >= 0.6 is 0 Å². The van der Waals surface area contributed by atoms with Crippen molar-refractivity contribution in [2.75, 3.05) is 0 Å². The fraction of sp³-hybridized carbons (Fsp3) is 0.462. The Kier molecular flexibility index (Phi) is 7.67. The van der Waals surface area contributed by atoms with Gasteiger partial charge in [-0.15, -0.1) is 0 Å². The molecular formula is C26H34N2O2. The number of amides is 2. The lowest BCUT2D eigenvalue weighted by molar-refractivity contribution is -0.141. The third-order valence-corrected chi connectivity index (χ3v) is 6.21. The van der Waals surface area contributed by atoms with Gasteiger partial charge in [-0.3, -0.25) is 9.59 Å². The van der Waals surface area contributed by atoms with Crippen LogP contribution in [0, 0.1) is 13.8 Å². The van der Waals surface area contributed by atoms with E-state index in [4.69, 9.17) is 0 Å². The highest BCUT2D eigenvalue weighted by Crippen LogP contribution is 2.20. The molecule has 1 atom stereocenters. The summed E-state index contributed by atoms with van der Waals surface area (Å²) >= 11 is 0. The van der Waals surface area contributed by atoms with Crippen LogP contribution in [0.15, 0.2) is 48.5 Å². The first-order chi connectivity index (χ1) is 14.5. The van der Waals surface area contributed by atoms with Gasteiger partial charge in [-0.2, -0.15) is 0 Å². The van der Waals surface area contributed by atoms with Crippen molar-refractivity contribution in [3.63, 3.8) is 0 Å². The van der Waals surface area contributed by atoms with Crippen molar-refractivity contribution in [3.8, 4) is 0 Å². The monoisotopic (exact) mass is 406 g/mol. The zero-order chi connectivity index (χ0) is 21.5. The zero-order valence-electron chi connectivity index (χ0n) is 18.5. The first kappa shape index (κ1) is 22.1. The molecule has 0 unspecified atom stereocenters. The molecule has 0 aromatic heterocycles. The zero-order valence-corrected chi connectivity index (χ0v) is 18.5. The number of benzene rings is 2. The first-order valence-electron chi connectivity index (χ1n) is 11.2. The van der Waals surface area contributed by atoms with Gasteiger partial charge in [0.25, 0.3) is 0 Å². The molecule has 2 aromatic rings. The summed E-state index contributed by atoms with van der Waals surface area (Å²) in [7, 11) is 0. The van der Waals surface area contributed by atoms with Crippen molar-refractivity contribution < 1.29 is 9.59 Å². The van der Waals surface area contributed by atoms with E-state index in [-0.39, 0.29) is 17.9 Å². The van der Waals surface area contributed by atoms with Gasteiger partial charge in [0.1, 0.15) is 6.04 Å². The van der Waals surface area contributed by atoms with Crippen LogP contribution in [0.5, 0.6) is 0 Å². The van der Waals surface area contributed by atoms with Crippen LogP contribution in [0.2, 0.25) is 0 Å². The highest BCUT2D eigenvalue weighted by atomic mass is 16.2. The Hall–Kier alpha value is -2.62. The van der Waals surface area contributed by atoms with Crippen LogP contribution in [0.25, 0.3) is 0 Å². The molecule has 2 amide bonds. The molecule has 160 valence electrons. The van der Waals surface area contributed by atoms with Gasteiger partial charge in [-0.05, 0) is 55.4 Å². The highest BCUT2D eigenvalue weighted by molar-refractivity contribution is 5.88. The van der Waals surface area contributed by atoms with Crippen LogP contribution in [0.3, 0.4) is 0 Å². The number of carbonyl (C=O) groups excluding carboxylic acids is 2. The largest absolute Gasteiger partial charge is 0.352 e. The molecule has 0 bridgehead atoms. The summed E-state index contributed by atoms with van der Waals surface area (Å²) < 4.78 is 0. The maximum Gasteiger partial charge on any atom is 0.243 e. The molecule has 0 saturated heterocycles. The molecule has 4 nitrogen and oxygen atoms in total. The Morgan fingerprint density at radius 3 is 2.33 bits per heavy atom. The number of hydrogen-bond donors (Lipinski definition) is 1. The van der Waals surface area contributed by atoms with Crippen molar-refractivity contribution in [2.45, 2.75) is 77.9 Å². The average Bonchev–Trinajstić information content (AvgIpc) is 3.24. The molecule has 0 spiro atoms. The molecule has 0 heterocycles. The molecule has 30 heavy (non-hydrogen) atoms. The van der Waals surface area contributed by atoms with Gasteiger partial charge in [0.15, 0.2) is 0 Å². The topological polar surface area (TPSA) is 49.4 Å². The van der Waals surface area contributed by atoms with Crippen molar-refractivity contribution >= 4 is 11.8 Å². The predicted octanol–water partition coefficient (Wildman–Crippen LogP) is 4.71. The van der Waals surface area contributed by atoms with Crippen molar-refractivity contribution in [3.05, 3.63) is 70.8 Å². The minimum absolute atomic E-state index is 0.00414. The van der Waals surface area contributed by atoms with Crippen LogP contribution in [0.4, 0.5) is 0 Å². The van der Waals surface area contributed by atoms with Gasteiger partial charge in [0.2, 0.25) is 11.8 Å². The van der Waals surface area contributed by atoms with E-state index in [0.29, 0.717) is 19.4 Å². The molecule has 1 fully saturated rings. The molecule has 4 heteroatoms. The van der Waals surface area contributed by atoms with Crippen LogP contribution in [-0.2, 0) is 22.6 Å². The van der Waals surface area contributed by atoms with E-state index >= 15 is 0 Å². The normalized spacial score (nSPS) is 15.0. The highest BCUT2D eigenvalue weighted by Gasteiger charge is 2.30. The molecule has 1 N–H and O–H groups in total. The third kappa shape index (κ3) is 5.71. The van der Waals surface area contributed by atoms with E-state index in [9.17, 15) is 9.59 Å². The van der Waals surface area contributed by atoms with E-state index in [2.05, 4.69) is 31.3 Å². The molecule has 2 aromatic carbocycles. The maximum absolute atomic E-state index is 13.4. The summed E-state index contributed by atoms with van der Waals surface area (Å²) in [6.07, 6.45) is 5.32. The summed E-state index contributed by atoms with van der Waals surface area (Å²) in [4.78, 5) is 28.3. The lowest BCUT2D eigenvalue weighted by atomic mass is 10.0. The molecular weight excluding hydrogens is 372 g/mol. The predicted molar refractivity (Wildman–Crippen MR) is 121 cm³/mol. The third-order valence-electron chi connectivity index (χ3n) is 6.21. The lowest BCUT2D eigenvalue weighted by Crippen LogP contribution is -2.51. The smallest absolute Gasteiger partial charge is 0.243 e. The van der Waals surface area contributed by atoms with E-state index in [1.807, 2.05) is 43.3 Å². The number of carbonyl (C=O) groups is 2. The average molecular weight is 407 g/mol. The fourth-order valence-electron chi connectivity index (χ4n) is 4.26. The Morgan fingerprint density at radius 2 is 1.70 bits per heavy atom. The van der Waals surface area contributed by atoms with Crippen LogP contribution < -0.4 is 5.32 Å². The summed E-state index contributed by atoms with van der Waals surface area (Å²) in [5, 5.41) is 3.20. The second-order valence-corrected chi connectivity index (χ2v) is 8.52. The van der Waals surface area contributed by atoms with Gasteiger partial charge in [0, 0.05) is 12.6 Å². The Labute approximate surface area is 180 Å². The summed E-state index contributed by atoms with van der Waals surface area (Å²) in [6.45, 7) is 6.57. The molecule has 0 radical (unpaired) electrons. The summed E-state index contributed by atoms with van der Waals surface area (Å²) in [5.41, 5.74) is 4.43. The molecule has 1 saturated carbocycles. The molecule has 3 rings (SSSR count). The summed E-state index contributed by atoms with van der Waals surface area (Å²) in [5.74, 6) is -0.0238. The molecule has 1 aliphatic rings. The standard InChI is InChI=1S/C26H34N2O2/c1-4-24(26(30)27-23-12-8-9-13-23)28(18-21-10-6-5-7-11-21)25(29)17-22-15-14-19(2)20(3)16-22/h5-7,10-11,14-16,23-24H,4,8-9,12-13,17-18H2,1-3H3,(H,27,30)/t24-/m1/s1. The molecule has 0 aliphatic heterocycles. The Bertz CT molecular complexity index is 857. The second-order valence-electron chi connectivity index (χ2n) is 8.52. The van der Waals surface area contributed by atoms with E-state index < -0.39 is 6.04 Å².